The van der Waals surface area contributed by atoms with E-state index in [0.717, 1.165) is 35.1 Å². The van der Waals surface area contributed by atoms with E-state index in [1.54, 1.807) is 6.07 Å². The largest absolute Gasteiger partial charge is 0.507 e. The maximum absolute atomic E-state index is 13.9. The molecule has 2 aromatic heterocycles. The third kappa shape index (κ3) is 3.65. The van der Waals surface area contributed by atoms with Gasteiger partial charge in [-0.05, 0) is 67.2 Å². The number of fused-ring (bicyclic) bond motifs is 4. The van der Waals surface area contributed by atoms with Gasteiger partial charge in [0.25, 0.3) is 0 Å². The molecule has 6 heteroatoms. The summed E-state index contributed by atoms with van der Waals surface area (Å²) in [6.07, 6.45) is 4.18. The first-order valence-corrected chi connectivity index (χ1v) is 13.1. The predicted molar refractivity (Wildman–Crippen MR) is 143 cm³/mol. The fourth-order valence-electron chi connectivity index (χ4n) is 7.28. The Labute approximate surface area is 211 Å². The fourth-order valence-corrected chi connectivity index (χ4v) is 7.28. The minimum atomic E-state index is -0.114. The molecule has 2 atom stereocenters. The minimum Gasteiger partial charge on any atom is -0.507 e. The molecule has 6 nitrogen and oxygen atoms in total. The molecule has 36 heavy (non-hydrogen) atoms. The number of phenolic OH excluding ortho intramolecular Hbond substituents is 1. The number of hydrogen-bond acceptors (Lipinski definition) is 5. The summed E-state index contributed by atoms with van der Waals surface area (Å²) < 4.78 is 6.38. The molecule has 2 fully saturated rings. The van der Waals surface area contributed by atoms with E-state index in [4.69, 9.17) is 4.42 Å². The van der Waals surface area contributed by atoms with E-state index in [0.29, 0.717) is 52.5 Å². The van der Waals surface area contributed by atoms with Crippen molar-refractivity contribution in [3.05, 3.63) is 57.4 Å². The van der Waals surface area contributed by atoms with Crippen LogP contribution in [0.25, 0.3) is 33.4 Å². The second-order valence-corrected chi connectivity index (χ2v) is 12.2. The Morgan fingerprint density at radius 1 is 1.22 bits per heavy atom. The van der Waals surface area contributed by atoms with E-state index < -0.39 is 0 Å². The van der Waals surface area contributed by atoms with Gasteiger partial charge in [-0.2, -0.15) is 0 Å². The van der Waals surface area contributed by atoms with Gasteiger partial charge in [-0.25, -0.2) is 4.98 Å². The number of aromatic amines is 1. The normalized spacial score (nSPS) is 23.6. The molecule has 1 aliphatic carbocycles. The van der Waals surface area contributed by atoms with Crippen LogP contribution in [0.3, 0.4) is 0 Å². The first-order valence-electron chi connectivity index (χ1n) is 13.1. The SMILES string of the molecule is CCc1cc2c(=O)c(-c3nc4ccccc4[nH]3)c(C)oc2c(CN2C[C@]3(C)C[C@@H]2CC(C)(C)C3)c1O. The Morgan fingerprint density at radius 3 is 2.75 bits per heavy atom. The summed E-state index contributed by atoms with van der Waals surface area (Å²) >= 11 is 0. The summed E-state index contributed by atoms with van der Waals surface area (Å²) in [6.45, 7) is 12.5. The standard InChI is InChI=1S/C30H35N3O3/c1-6-18-11-20-26(35)24(28-31-22-9-7-8-10-23(22)32-28)17(2)36-27(20)21(25(18)34)14-33-16-30(5)13-19(33)12-29(3,4)15-30/h7-11,19,34H,6,12-16H2,1-5H3,(H,31,32)/t19-,30+/m0/s1. The quantitative estimate of drug-likeness (QED) is 0.354. The molecular weight excluding hydrogens is 450 g/mol. The second-order valence-electron chi connectivity index (χ2n) is 12.2. The number of phenols is 1. The van der Waals surface area contributed by atoms with Crippen molar-refractivity contribution in [2.45, 2.75) is 72.9 Å². The zero-order valence-corrected chi connectivity index (χ0v) is 21.9. The first-order chi connectivity index (χ1) is 17.1. The number of rotatable bonds is 4. The van der Waals surface area contributed by atoms with Crippen molar-refractivity contribution < 1.29 is 9.52 Å². The molecule has 0 unspecified atom stereocenters. The number of likely N-dealkylation sites (tertiary alicyclic amines) is 1. The molecule has 4 aromatic rings. The summed E-state index contributed by atoms with van der Waals surface area (Å²) in [5.74, 6) is 1.28. The highest BCUT2D eigenvalue weighted by molar-refractivity contribution is 5.88. The van der Waals surface area contributed by atoms with E-state index in [9.17, 15) is 9.90 Å². The number of aromatic hydroxyl groups is 1. The molecule has 0 radical (unpaired) electrons. The van der Waals surface area contributed by atoms with Crippen molar-refractivity contribution in [3.63, 3.8) is 0 Å². The van der Waals surface area contributed by atoms with Crippen LogP contribution in [-0.2, 0) is 13.0 Å². The average molecular weight is 486 g/mol. The van der Waals surface area contributed by atoms with Gasteiger partial charge in [0, 0.05) is 19.1 Å². The van der Waals surface area contributed by atoms with Gasteiger partial charge in [-0.15, -0.1) is 0 Å². The number of aryl methyl sites for hydroxylation is 2. The van der Waals surface area contributed by atoms with Gasteiger partial charge in [0.1, 0.15) is 28.5 Å². The Morgan fingerprint density at radius 2 is 2.00 bits per heavy atom. The van der Waals surface area contributed by atoms with Crippen LogP contribution in [0.15, 0.2) is 39.5 Å². The molecule has 188 valence electrons. The number of benzene rings is 2. The van der Waals surface area contributed by atoms with E-state index in [1.807, 2.05) is 38.1 Å². The monoisotopic (exact) mass is 485 g/mol. The Balaban J connectivity index is 1.49. The molecule has 2 aromatic carbocycles. The smallest absolute Gasteiger partial charge is 0.203 e. The average Bonchev–Trinajstić information content (AvgIpc) is 3.32. The van der Waals surface area contributed by atoms with Crippen molar-refractivity contribution in [3.8, 4) is 17.1 Å². The third-order valence-corrected chi connectivity index (χ3v) is 8.40. The number of imidazole rings is 1. The molecule has 0 amide bonds. The zero-order valence-electron chi connectivity index (χ0n) is 21.9. The molecular formula is C30H35N3O3. The maximum Gasteiger partial charge on any atom is 0.203 e. The van der Waals surface area contributed by atoms with Crippen LogP contribution in [0.5, 0.6) is 5.75 Å². The van der Waals surface area contributed by atoms with Gasteiger partial charge in [-0.1, -0.05) is 39.8 Å². The van der Waals surface area contributed by atoms with Crippen LogP contribution >= 0.6 is 0 Å². The van der Waals surface area contributed by atoms with Crippen LogP contribution in [0.2, 0.25) is 0 Å². The minimum absolute atomic E-state index is 0.114. The van der Waals surface area contributed by atoms with Gasteiger partial charge in [0.2, 0.25) is 5.43 Å². The van der Waals surface area contributed by atoms with E-state index >= 15 is 0 Å². The number of para-hydroxylation sites is 2. The molecule has 6 rings (SSSR count). The van der Waals surface area contributed by atoms with Crippen LogP contribution in [0, 0.1) is 17.8 Å². The fraction of sp³-hybridized carbons (Fsp3) is 0.467. The van der Waals surface area contributed by atoms with Gasteiger partial charge in [0.05, 0.1) is 22.0 Å². The predicted octanol–water partition coefficient (Wildman–Crippen LogP) is 6.31. The summed E-state index contributed by atoms with van der Waals surface area (Å²) in [4.78, 5) is 24.3. The van der Waals surface area contributed by atoms with Crippen LogP contribution in [0.4, 0.5) is 0 Å². The van der Waals surface area contributed by atoms with Crippen LogP contribution < -0.4 is 5.43 Å². The Bertz CT molecular complexity index is 1530. The van der Waals surface area contributed by atoms with Gasteiger partial charge >= 0.3 is 0 Å². The molecule has 1 aliphatic heterocycles. The number of nitrogens with zero attached hydrogens (tertiary/aromatic N) is 2. The van der Waals surface area contributed by atoms with Crippen molar-refractivity contribution in [2.75, 3.05) is 6.54 Å². The number of aromatic nitrogens is 2. The second kappa shape index (κ2) is 7.94. The summed E-state index contributed by atoms with van der Waals surface area (Å²) in [7, 11) is 0. The molecule has 1 saturated carbocycles. The highest BCUT2D eigenvalue weighted by Gasteiger charge is 2.49. The number of nitrogens with one attached hydrogen (secondary N) is 1. The molecule has 0 spiro atoms. The summed E-state index contributed by atoms with van der Waals surface area (Å²) in [5, 5.41) is 11.8. The van der Waals surface area contributed by atoms with E-state index in [-0.39, 0.29) is 16.6 Å². The lowest BCUT2D eigenvalue weighted by Crippen LogP contribution is -2.34. The lowest BCUT2D eigenvalue weighted by atomic mass is 9.65. The highest BCUT2D eigenvalue weighted by Crippen LogP contribution is 2.53. The summed E-state index contributed by atoms with van der Waals surface area (Å²) in [5.41, 5.74) is 4.62. The van der Waals surface area contributed by atoms with Gasteiger partial charge < -0.3 is 14.5 Å². The lowest BCUT2D eigenvalue weighted by Gasteiger charge is -2.40. The summed E-state index contributed by atoms with van der Waals surface area (Å²) in [6, 6.07) is 10.0. The lowest BCUT2D eigenvalue weighted by molar-refractivity contribution is 0.126. The van der Waals surface area contributed by atoms with Crippen molar-refractivity contribution in [2.24, 2.45) is 10.8 Å². The molecule has 2 aliphatic rings. The Hall–Kier alpha value is -3.12. The third-order valence-electron chi connectivity index (χ3n) is 8.40. The number of H-pyrrole nitrogens is 1. The van der Waals surface area contributed by atoms with E-state index in [1.165, 1.54) is 12.8 Å². The first kappa shape index (κ1) is 23.3. The van der Waals surface area contributed by atoms with Crippen molar-refractivity contribution in [1.29, 1.82) is 0 Å². The van der Waals surface area contributed by atoms with Crippen molar-refractivity contribution >= 4 is 22.0 Å². The van der Waals surface area contributed by atoms with Gasteiger partial charge in [0.15, 0.2) is 0 Å². The van der Waals surface area contributed by atoms with Crippen LogP contribution in [-0.4, -0.2) is 32.6 Å². The molecule has 1 saturated heterocycles. The van der Waals surface area contributed by atoms with E-state index in [2.05, 4.69) is 35.6 Å². The molecule has 2 N–H and O–H groups in total. The topological polar surface area (TPSA) is 82.4 Å². The zero-order chi connectivity index (χ0) is 25.4. The van der Waals surface area contributed by atoms with Gasteiger partial charge in [-0.3, -0.25) is 9.69 Å². The number of hydrogen-bond donors (Lipinski definition) is 2. The molecule has 2 bridgehead atoms. The van der Waals surface area contributed by atoms with Crippen molar-refractivity contribution in [1.82, 2.24) is 14.9 Å². The highest BCUT2D eigenvalue weighted by atomic mass is 16.3. The van der Waals surface area contributed by atoms with Crippen LogP contribution in [0.1, 0.15) is 63.8 Å². The Kier molecular flexibility index (Phi) is 5.14. The molecule has 3 heterocycles. The maximum atomic E-state index is 13.9.